The van der Waals surface area contributed by atoms with Gasteiger partial charge in [-0.05, 0) is 26.0 Å². The Balaban J connectivity index is 0.00000324. The van der Waals surface area contributed by atoms with Crippen molar-refractivity contribution in [2.45, 2.75) is 13.8 Å². The molecule has 1 aromatic carbocycles. The molecular weight excluding hydrogens is 317 g/mol. The Morgan fingerprint density at radius 2 is 1.68 bits per heavy atom. The van der Waals surface area contributed by atoms with Gasteiger partial charge in [-0.2, -0.15) is 0 Å². The number of rotatable bonds is 7. The normalized spacial score (nSPS) is 10.6. The Morgan fingerprint density at radius 3 is 2.05 bits per heavy atom. The van der Waals surface area contributed by atoms with Crippen LogP contribution in [0.15, 0.2) is 24.3 Å². The predicted molar refractivity (Wildman–Crippen MR) is 77.0 cm³/mol. The number of benzene rings is 1. The molecule has 0 spiro atoms. The van der Waals surface area contributed by atoms with E-state index < -0.39 is 11.6 Å². The van der Waals surface area contributed by atoms with Gasteiger partial charge in [0.2, 0.25) is 0 Å². The molecule has 0 heterocycles. The quantitative estimate of drug-likeness (QED) is 0.331. The molecule has 19 heavy (non-hydrogen) atoms. The van der Waals surface area contributed by atoms with E-state index in [0.717, 1.165) is 0 Å². The fourth-order valence-electron chi connectivity index (χ4n) is 1.16. The average Bonchev–Trinajstić information content (AvgIpc) is 2.30. The fraction of sp³-hybridized carbons (Fsp3) is 0.400. The maximum Gasteiger partial charge on any atom is 2.00 e. The minimum Gasteiger partial charge on any atom is -0.424 e. The summed E-state index contributed by atoms with van der Waals surface area (Å²) in [4.78, 5) is 10.0. The van der Waals surface area contributed by atoms with Gasteiger partial charge < -0.3 is 4.52 Å². The predicted octanol–water partition coefficient (Wildman–Crippen LogP) is 2.89. The van der Waals surface area contributed by atoms with Crippen molar-refractivity contribution in [1.82, 2.24) is 0 Å². The van der Waals surface area contributed by atoms with Gasteiger partial charge in [-0.1, -0.05) is 0 Å². The van der Waals surface area contributed by atoms with Crippen molar-refractivity contribution in [3.8, 4) is 5.75 Å². The van der Waals surface area contributed by atoms with Crippen molar-refractivity contribution in [3.63, 3.8) is 0 Å². The maximum absolute atomic E-state index is 10.5. The summed E-state index contributed by atoms with van der Waals surface area (Å²) in [5, 5.41) is 10.5. The number of nitrogens with zero attached hydrogens (tertiary/aromatic N) is 1. The van der Waals surface area contributed by atoms with Gasteiger partial charge in [0.25, 0.3) is 5.69 Å². The second-order valence-corrected chi connectivity index (χ2v) is 6.06. The summed E-state index contributed by atoms with van der Waals surface area (Å²) < 4.78 is 16.1. The molecule has 0 saturated heterocycles. The van der Waals surface area contributed by atoms with Crippen molar-refractivity contribution in [1.29, 1.82) is 0 Å². The van der Waals surface area contributed by atoms with E-state index in [2.05, 4.69) is 0 Å². The zero-order valence-electron chi connectivity index (χ0n) is 10.8. The summed E-state index contributed by atoms with van der Waals surface area (Å²) >= 11 is 5.18. The molecule has 0 atom stereocenters. The molecule has 0 aliphatic carbocycles. The van der Waals surface area contributed by atoms with Crippen LogP contribution in [0.4, 0.5) is 5.69 Å². The molecule has 0 bridgehead atoms. The van der Waals surface area contributed by atoms with E-state index in [9.17, 15) is 10.1 Å². The van der Waals surface area contributed by atoms with Gasteiger partial charge >= 0.3 is 44.5 Å². The third-order valence-corrected chi connectivity index (χ3v) is 4.28. The Kier molecular flexibility index (Phi) is 9.36. The van der Waals surface area contributed by atoms with Crippen molar-refractivity contribution in [2.24, 2.45) is 0 Å². The van der Waals surface area contributed by atoms with E-state index in [1.54, 1.807) is 13.8 Å². The molecule has 0 fully saturated rings. The molecule has 0 aliphatic heterocycles. The molecule has 9 heteroatoms. The molecule has 0 amide bonds. The molecule has 0 aromatic heterocycles. The van der Waals surface area contributed by atoms with Crippen LogP contribution < -0.4 is 4.52 Å². The van der Waals surface area contributed by atoms with Crippen LogP contribution in [0.5, 0.6) is 5.75 Å². The summed E-state index contributed by atoms with van der Waals surface area (Å²) in [6.07, 6.45) is 0. The molecular formula is C10H14CaNO5PS+2. The molecule has 0 unspecified atom stereocenters. The third kappa shape index (κ3) is 6.49. The van der Waals surface area contributed by atoms with E-state index in [1.165, 1.54) is 24.3 Å². The van der Waals surface area contributed by atoms with Gasteiger partial charge in [0.05, 0.1) is 18.1 Å². The zero-order valence-corrected chi connectivity index (χ0v) is 14.7. The van der Waals surface area contributed by atoms with E-state index in [4.69, 9.17) is 25.4 Å². The first kappa shape index (κ1) is 19.2. The number of nitro groups is 1. The van der Waals surface area contributed by atoms with Crippen LogP contribution in [-0.2, 0) is 20.9 Å². The van der Waals surface area contributed by atoms with Crippen LogP contribution in [0, 0.1) is 10.1 Å². The second-order valence-electron chi connectivity index (χ2n) is 3.13. The Hall–Kier alpha value is 0.250. The Bertz CT molecular complexity index is 446. The number of hydrogen-bond donors (Lipinski definition) is 0. The van der Waals surface area contributed by atoms with Gasteiger partial charge in [0.15, 0.2) is 0 Å². The van der Waals surface area contributed by atoms with Crippen molar-refractivity contribution < 1.29 is 18.5 Å². The summed E-state index contributed by atoms with van der Waals surface area (Å²) in [5.41, 5.74) is -0.0107. The molecule has 100 valence electrons. The monoisotopic (exact) mass is 331 g/mol. The van der Waals surface area contributed by atoms with E-state index in [-0.39, 0.29) is 43.4 Å². The number of hydrogen-bond acceptors (Lipinski definition) is 6. The summed E-state index contributed by atoms with van der Waals surface area (Å²) in [6.45, 7) is 1.52. The van der Waals surface area contributed by atoms with Crippen LogP contribution in [0.25, 0.3) is 0 Å². The summed E-state index contributed by atoms with van der Waals surface area (Å²) in [6, 6.07) is 5.62. The Labute approximate surface area is 146 Å². The molecule has 0 radical (unpaired) electrons. The van der Waals surface area contributed by atoms with Crippen molar-refractivity contribution in [2.75, 3.05) is 13.2 Å². The molecule has 6 nitrogen and oxygen atoms in total. The van der Waals surface area contributed by atoms with Crippen LogP contribution in [0.3, 0.4) is 0 Å². The minimum atomic E-state index is -2.82. The molecule has 1 rings (SSSR count). The van der Waals surface area contributed by atoms with Gasteiger partial charge in [0.1, 0.15) is 5.75 Å². The largest absolute Gasteiger partial charge is 2.00 e. The molecule has 1 aromatic rings. The first-order valence-corrected chi connectivity index (χ1v) is 7.89. The fourth-order valence-corrected chi connectivity index (χ4v) is 3.25. The topological polar surface area (TPSA) is 70.8 Å². The van der Waals surface area contributed by atoms with E-state index >= 15 is 0 Å². The molecule has 0 aliphatic rings. The van der Waals surface area contributed by atoms with Crippen LogP contribution in [-0.4, -0.2) is 55.9 Å². The first-order valence-electron chi connectivity index (χ1n) is 5.34. The number of non-ortho nitro benzene ring substituents is 1. The van der Waals surface area contributed by atoms with Gasteiger partial charge in [0, 0.05) is 23.9 Å². The first-order chi connectivity index (χ1) is 8.50. The van der Waals surface area contributed by atoms with Crippen LogP contribution >= 0.6 is 6.72 Å². The minimum absolute atomic E-state index is 0. The summed E-state index contributed by atoms with van der Waals surface area (Å²) in [7, 11) is 0. The van der Waals surface area contributed by atoms with E-state index in [0.29, 0.717) is 19.0 Å². The third-order valence-electron chi connectivity index (χ3n) is 1.84. The molecule has 0 N–H and O–H groups in total. The van der Waals surface area contributed by atoms with Crippen LogP contribution in [0.1, 0.15) is 13.8 Å². The average molecular weight is 331 g/mol. The SMILES string of the molecule is CCOP(=S)(OCC)Oc1ccc([N+](=O)[O-])cc1.[Ca+2]. The van der Waals surface area contributed by atoms with Gasteiger partial charge in [-0.15, -0.1) is 0 Å². The van der Waals surface area contributed by atoms with Crippen molar-refractivity contribution >= 4 is 62.0 Å². The number of nitro benzene ring substituents is 1. The van der Waals surface area contributed by atoms with Gasteiger partial charge in [-0.25, -0.2) is 0 Å². The van der Waals surface area contributed by atoms with Gasteiger partial charge in [-0.3, -0.25) is 19.2 Å². The Morgan fingerprint density at radius 1 is 1.21 bits per heavy atom. The smallest absolute Gasteiger partial charge is 0.424 e. The standard InChI is InChI=1S/C10H14NO5PS.Ca/c1-3-14-17(18,15-4-2)16-10-7-5-9(6-8-10)11(12)13;/h5-8H,3-4H2,1-2H3;/q;+2. The second kappa shape index (κ2) is 9.23. The van der Waals surface area contributed by atoms with Crippen molar-refractivity contribution in [3.05, 3.63) is 34.4 Å². The maximum atomic E-state index is 10.5. The summed E-state index contributed by atoms with van der Waals surface area (Å²) in [5.74, 6) is 0.394. The molecule has 0 saturated carbocycles. The van der Waals surface area contributed by atoms with E-state index in [1.807, 2.05) is 0 Å². The zero-order chi connectivity index (χ0) is 13.6. The van der Waals surface area contributed by atoms with Crippen LogP contribution in [0.2, 0.25) is 0 Å².